The van der Waals surface area contributed by atoms with E-state index in [1.807, 2.05) is 0 Å². The first kappa shape index (κ1) is 21.3. The van der Waals surface area contributed by atoms with Gasteiger partial charge in [0.2, 0.25) is 6.29 Å². The second-order valence-electron chi connectivity index (χ2n) is 7.63. The zero-order valence-electron chi connectivity index (χ0n) is 16.5. The number of aromatic hydroxyl groups is 1. The Balaban J connectivity index is 1.67. The van der Waals surface area contributed by atoms with E-state index in [0.717, 1.165) is 0 Å². The molecule has 6 atom stereocenters. The molecule has 164 valence electrons. The molecule has 1 fully saturated rings. The number of fused-ring (bicyclic) bond motifs is 1. The maximum absolute atomic E-state index is 13.0. The van der Waals surface area contributed by atoms with Gasteiger partial charge < -0.3 is 34.6 Å². The van der Waals surface area contributed by atoms with Crippen LogP contribution in [0.2, 0.25) is 0 Å². The van der Waals surface area contributed by atoms with Crippen molar-refractivity contribution in [3.63, 3.8) is 0 Å². The SMILES string of the molecule is CC1OC(Oc2cc(C=O)cc3c2C(=O)C[C@H](c2ccc(O)cc2)O3)C(O)C(O)C1O. The summed E-state index contributed by atoms with van der Waals surface area (Å²) in [5.41, 5.74) is 0.935. The summed E-state index contributed by atoms with van der Waals surface area (Å²) in [6.45, 7) is 1.50. The molecule has 0 amide bonds. The van der Waals surface area contributed by atoms with Gasteiger partial charge in [0.25, 0.3) is 0 Å². The van der Waals surface area contributed by atoms with Crippen LogP contribution in [0.1, 0.15) is 45.7 Å². The lowest BCUT2D eigenvalue weighted by atomic mass is 9.94. The number of carbonyl (C=O) groups is 2. The average molecular weight is 430 g/mol. The predicted octanol–water partition coefficient (Wildman–Crippen LogP) is 1.12. The van der Waals surface area contributed by atoms with Crippen molar-refractivity contribution in [2.45, 2.75) is 50.2 Å². The second kappa shape index (κ2) is 8.27. The molecule has 1 saturated heterocycles. The molecule has 0 aromatic heterocycles. The summed E-state index contributed by atoms with van der Waals surface area (Å²) >= 11 is 0. The number of phenolic OH excluding ortho intramolecular Hbond substituents is 1. The van der Waals surface area contributed by atoms with Crippen molar-refractivity contribution >= 4 is 12.1 Å². The number of aliphatic hydroxyl groups excluding tert-OH is 3. The van der Waals surface area contributed by atoms with Crippen molar-refractivity contribution in [2.24, 2.45) is 0 Å². The molecule has 5 unspecified atom stereocenters. The number of rotatable bonds is 4. The minimum atomic E-state index is -1.58. The molecule has 4 N–H and O–H groups in total. The molecule has 31 heavy (non-hydrogen) atoms. The third kappa shape index (κ3) is 4.00. The van der Waals surface area contributed by atoms with Crippen LogP contribution in [0.15, 0.2) is 36.4 Å². The van der Waals surface area contributed by atoms with Gasteiger partial charge in [-0.25, -0.2) is 0 Å². The quantitative estimate of drug-likeness (QED) is 0.525. The summed E-state index contributed by atoms with van der Waals surface area (Å²) in [4.78, 5) is 24.4. The lowest BCUT2D eigenvalue weighted by Gasteiger charge is -2.39. The largest absolute Gasteiger partial charge is 0.508 e. The molecule has 2 aromatic carbocycles. The Hall–Kier alpha value is -2.98. The summed E-state index contributed by atoms with van der Waals surface area (Å²) in [5, 5.41) is 39.6. The number of carbonyl (C=O) groups excluding carboxylic acids is 2. The molecule has 9 nitrogen and oxygen atoms in total. The lowest BCUT2D eigenvalue weighted by Crippen LogP contribution is -2.58. The van der Waals surface area contributed by atoms with E-state index in [2.05, 4.69) is 0 Å². The fraction of sp³-hybridized carbons (Fsp3) is 0.364. The fourth-order valence-electron chi connectivity index (χ4n) is 3.72. The highest BCUT2D eigenvalue weighted by Crippen LogP contribution is 2.41. The van der Waals surface area contributed by atoms with Crippen molar-refractivity contribution in [2.75, 3.05) is 0 Å². The van der Waals surface area contributed by atoms with Crippen molar-refractivity contribution in [1.82, 2.24) is 0 Å². The van der Waals surface area contributed by atoms with Crippen LogP contribution < -0.4 is 9.47 Å². The van der Waals surface area contributed by atoms with Crippen LogP contribution in [0.5, 0.6) is 17.2 Å². The third-order valence-electron chi connectivity index (χ3n) is 5.46. The number of Topliss-reactive ketones (excluding diaryl/α,β-unsaturated/α-hetero) is 1. The maximum Gasteiger partial charge on any atom is 0.229 e. The Labute approximate surface area is 177 Å². The summed E-state index contributed by atoms with van der Waals surface area (Å²) in [6.07, 6.45) is -6.67. The van der Waals surface area contributed by atoms with Crippen LogP contribution in [-0.2, 0) is 4.74 Å². The Morgan fingerprint density at radius 2 is 1.77 bits per heavy atom. The van der Waals surface area contributed by atoms with Crippen LogP contribution in [0.3, 0.4) is 0 Å². The van der Waals surface area contributed by atoms with E-state index >= 15 is 0 Å². The van der Waals surface area contributed by atoms with E-state index in [4.69, 9.17) is 14.2 Å². The topological polar surface area (TPSA) is 143 Å². The molecule has 2 aromatic rings. The smallest absolute Gasteiger partial charge is 0.229 e. The summed E-state index contributed by atoms with van der Waals surface area (Å²) in [6, 6.07) is 8.99. The molecule has 2 aliphatic heterocycles. The second-order valence-corrected chi connectivity index (χ2v) is 7.63. The number of ketones is 1. The fourth-order valence-corrected chi connectivity index (χ4v) is 3.72. The van der Waals surface area contributed by atoms with E-state index in [1.54, 1.807) is 12.1 Å². The van der Waals surface area contributed by atoms with Gasteiger partial charge in [-0.05, 0) is 36.8 Å². The average Bonchev–Trinajstić information content (AvgIpc) is 2.75. The van der Waals surface area contributed by atoms with E-state index in [-0.39, 0.29) is 40.6 Å². The van der Waals surface area contributed by atoms with Gasteiger partial charge in [0.15, 0.2) is 5.78 Å². The standard InChI is InChI=1S/C22H22O9/c1-10-19(26)20(27)21(28)22(29-10)31-17-7-11(9-23)6-16-18(17)14(25)8-15(30-16)12-2-4-13(24)5-3-12/h2-7,9-10,15,19-22,24,26-28H,8H2,1H3/t10?,15-,19?,20?,21?,22?/m1/s1. The Kier molecular flexibility index (Phi) is 5.67. The van der Waals surface area contributed by atoms with E-state index in [0.29, 0.717) is 11.8 Å². The van der Waals surface area contributed by atoms with Crippen molar-refractivity contribution < 1.29 is 44.2 Å². The molecular formula is C22H22O9. The number of hydrogen-bond donors (Lipinski definition) is 4. The number of aliphatic hydroxyl groups is 3. The first-order valence-electron chi connectivity index (χ1n) is 9.76. The number of aldehydes is 1. The number of hydrogen-bond acceptors (Lipinski definition) is 9. The van der Waals surface area contributed by atoms with Crippen molar-refractivity contribution in [3.05, 3.63) is 53.1 Å². The molecule has 0 bridgehead atoms. The number of ether oxygens (including phenoxy) is 3. The molecule has 0 spiro atoms. The Bertz CT molecular complexity index is 987. The van der Waals surface area contributed by atoms with Gasteiger partial charge in [-0.2, -0.15) is 0 Å². The molecule has 2 aliphatic rings. The van der Waals surface area contributed by atoms with E-state index in [1.165, 1.54) is 31.2 Å². The molecule has 2 heterocycles. The monoisotopic (exact) mass is 430 g/mol. The molecule has 9 heteroatoms. The minimum absolute atomic E-state index is 0.0135. The Morgan fingerprint density at radius 3 is 2.45 bits per heavy atom. The van der Waals surface area contributed by atoms with Gasteiger partial charge in [0, 0.05) is 5.56 Å². The number of phenols is 1. The van der Waals surface area contributed by atoms with Gasteiger partial charge in [-0.3, -0.25) is 9.59 Å². The van der Waals surface area contributed by atoms with Gasteiger partial charge in [0.1, 0.15) is 53.5 Å². The van der Waals surface area contributed by atoms with Crippen molar-refractivity contribution in [1.29, 1.82) is 0 Å². The van der Waals surface area contributed by atoms with Gasteiger partial charge in [0.05, 0.1) is 12.5 Å². The maximum atomic E-state index is 13.0. The summed E-state index contributed by atoms with van der Waals surface area (Å²) in [7, 11) is 0. The van der Waals surface area contributed by atoms with Crippen LogP contribution in [-0.4, -0.2) is 63.2 Å². The van der Waals surface area contributed by atoms with Crippen LogP contribution in [0, 0.1) is 0 Å². The highest BCUT2D eigenvalue weighted by Gasteiger charge is 2.44. The predicted molar refractivity (Wildman–Crippen MR) is 105 cm³/mol. The van der Waals surface area contributed by atoms with Crippen LogP contribution in [0.4, 0.5) is 0 Å². The van der Waals surface area contributed by atoms with Crippen LogP contribution in [0.25, 0.3) is 0 Å². The summed E-state index contributed by atoms with van der Waals surface area (Å²) < 4.78 is 17.1. The van der Waals surface area contributed by atoms with Crippen molar-refractivity contribution in [3.8, 4) is 17.2 Å². The van der Waals surface area contributed by atoms with Gasteiger partial charge in [-0.1, -0.05) is 12.1 Å². The highest BCUT2D eigenvalue weighted by molar-refractivity contribution is 6.03. The highest BCUT2D eigenvalue weighted by atomic mass is 16.7. The van der Waals surface area contributed by atoms with E-state index < -0.39 is 36.8 Å². The normalized spacial score (nSPS) is 30.3. The molecular weight excluding hydrogens is 408 g/mol. The molecule has 0 aliphatic carbocycles. The number of benzene rings is 2. The Morgan fingerprint density at radius 1 is 1.06 bits per heavy atom. The lowest BCUT2D eigenvalue weighted by molar-refractivity contribution is -0.268. The van der Waals surface area contributed by atoms with Gasteiger partial charge >= 0.3 is 0 Å². The molecule has 0 radical (unpaired) electrons. The van der Waals surface area contributed by atoms with Crippen LogP contribution >= 0.6 is 0 Å². The minimum Gasteiger partial charge on any atom is -0.508 e. The first-order chi connectivity index (χ1) is 14.8. The van der Waals surface area contributed by atoms with Gasteiger partial charge in [-0.15, -0.1) is 0 Å². The zero-order chi connectivity index (χ0) is 22.3. The molecule has 0 saturated carbocycles. The first-order valence-corrected chi connectivity index (χ1v) is 9.76. The summed E-state index contributed by atoms with van der Waals surface area (Å²) in [5.74, 6) is -0.134. The third-order valence-corrected chi connectivity index (χ3v) is 5.46. The van der Waals surface area contributed by atoms with E-state index in [9.17, 15) is 30.0 Å². The zero-order valence-corrected chi connectivity index (χ0v) is 16.5. The molecule has 4 rings (SSSR count).